The Bertz CT molecular complexity index is 1430. The second kappa shape index (κ2) is 8.77. The average molecular weight is 518 g/mol. The number of carbonyl (C=O) groups is 2. The second-order valence-electron chi connectivity index (χ2n) is 8.74. The van der Waals surface area contributed by atoms with Crippen LogP contribution < -0.4 is 15.4 Å². The molecule has 1 aromatic carbocycles. The first-order chi connectivity index (χ1) is 17.0. The van der Waals surface area contributed by atoms with Crippen molar-refractivity contribution >= 4 is 44.6 Å². The van der Waals surface area contributed by atoms with E-state index in [2.05, 4.69) is 25.6 Å². The highest BCUT2D eigenvalue weighted by molar-refractivity contribution is 7.89. The summed E-state index contributed by atoms with van der Waals surface area (Å²) in [6.07, 6.45) is -0.348. The molecule has 0 radical (unpaired) electrons. The van der Waals surface area contributed by atoms with Gasteiger partial charge in [-0.2, -0.15) is 0 Å². The Hall–Kier alpha value is -3.66. The molecule has 2 aliphatic heterocycles. The van der Waals surface area contributed by atoms with Gasteiger partial charge in [0, 0.05) is 5.69 Å². The molecule has 14 nitrogen and oxygen atoms in total. The molecule has 3 N–H and O–H groups in total. The van der Waals surface area contributed by atoms with Crippen molar-refractivity contribution in [3.05, 3.63) is 43.0 Å². The highest BCUT2D eigenvalue weighted by Gasteiger charge is 2.58. The van der Waals surface area contributed by atoms with Gasteiger partial charge in [0.2, 0.25) is 10.0 Å². The van der Waals surface area contributed by atoms with E-state index in [9.17, 15) is 18.0 Å². The van der Waals surface area contributed by atoms with Crippen LogP contribution >= 0.6 is 0 Å². The molecule has 2 aromatic heterocycles. The fraction of sp³-hybridized carbons (Fsp3) is 0.381. The molecule has 2 saturated heterocycles. The lowest BCUT2D eigenvalue weighted by atomic mass is 10.1. The van der Waals surface area contributed by atoms with Crippen LogP contribution in [0.1, 0.15) is 20.1 Å². The monoisotopic (exact) mass is 517 g/mol. The minimum absolute atomic E-state index is 0.150. The minimum atomic E-state index is -3.83. The van der Waals surface area contributed by atoms with Crippen LogP contribution in [-0.4, -0.2) is 70.2 Å². The van der Waals surface area contributed by atoms with Crippen LogP contribution in [0.3, 0.4) is 0 Å². The zero-order valence-corrected chi connectivity index (χ0v) is 20.2. The van der Waals surface area contributed by atoms with E-state index in [1.165, 1.54) is 17.2 Å². The van der Waals surface area contributed by atoms with Crippen molar-refractivity contribution in [3.8, 4) is 0 Å². The van der Waals surface area contributed by atoms with E-state index in [1.54, 1.807) is 38.1 Å². The molecule has 36 heavy (non-hydrogen) atoms. The number of aromatic nitrogens is 4. The molecule has 3 amide bonds. The van der Waals surface area contributed by atoms with Crippen molar-refractivity contribution < 1.29 is 32.2 Å². The van der Waals surface area contributed by atoms with Crippen molar-refractivity contribution in [3.63, 3.8) is 0 Å². The SMILES string of the molecule is CC1(C)OC2C(C(=O)NS(C)(=O)=O)OC(n3cnc4c(NC(=O)Nc5ccccc5)ncnc43)C2O1. The Morgan fingerprint density at radius 3 is 2.47 bits per heavy atom. The van der Waals surface area contributed by atoms with E-state index in [0.29, 0.717) is 11.3 Å². The van der Waals surface area contributed by atoms with Gasteiger partial charge in [0.05, 0.1) is 12.6 Å². The Morgan fingerprint density at radius 2 is 1.75 bits per heavy atom. The van der Waals surface area contributed by atoms with E-state index < -0.39 is 52.3 Å². The number of imidazole rings is 1. The third kappa shape index (κ3) is 4.73. The van der Waals surface area contributed by atoms with E-state index in [-0.39, 0.29) is 11.3 Å². The Balaban J connectivity index is 1.43. The zero-order valence-electron chi connectivity index (χ0n) is 19.4. The number of nitrogens with one attached hydrogen (secondary N) is 3. The quantitative estimate of drug-likeness (QED) is 0.442. The van der Waals surface area contributed by atoms with Gasteiger partial charge in [-0.3, -0.25) is 19.4 Å². The second-order valence-corrected chi connectivity index (χ2v) is 10.5. The number of ether oxygens (including phenoxy) is 3. The molecule has 4 atom stereocenters. The summed E-state index contributed by atoms with van der Waals surface area (Å²) in [6, 6.07) is 8.34. The fourth-order valence-corrected chi connectivity index (χ4v) is 4.66. The van der Waals surface area contributed by atoms with E-state index in [4.69, 9.17) is 14.2 Å². The van der Waals surface area contributed by atoms with Gasteiger partial charge in [0.25, 0.3) is 5.91 Å². The molecule has 0 bridgehead atoms. The molecule has 2 fully saturated rings. The number of urea groups is 1. The molecule has 4 heterocycles. The molecule has 190 valence electrons. The number of nitrogens with zero attached hydrogens (tertiary/aromatic N) is 4. The van der Waals surface area contributed by atoms with Gasteiger partial charge in [-0.25, -0.2) is 28.2 Å². The number of para-hydroxylation sites is 1. The summed E-state index contributed by atoms with van der Waals surface area (Å²) < 4.78 is 44.4. The summed E-state index contributed by atoms with van der Waals surface area (Å²) in [4.78, 5) is 37.8. The normalized spacial score (nSPS) is 24.9. The van der Waals surface area contributed by atoms with Crippen LogP contribution in [0.15, 0.2) is 43.0 Å². The largest absolute Gasteiger partial charge is 0.341 e. The van der Waals surface area contributed by atoms with E-state index in [1.807, 2.05) is 10.8 Å². The number of fused-ring (bicyclic) bond motifs is 2. The number of anilines is 2. The van der Waals surface area contributed by atoms with E-state index >= 15 is 0 Å². The molecule has 0 aliphatic carbocycles. The van der Waals surface area contributed by atoms with E-state index in [0.717, 1.165) is 6.26 Å². The number of rotatable bonds is 5. The van der Waals surface area contributed by atoms with Gasteiger partial charge in [-0.15, -0.1) is 0 Å². The van der Waals surface area contributed by atoms with Crippen LogP contribution in [0, 0.1) is 0 Å². The van der Waals surface area contributed by atoms with Crippen LogP contribution in [0.5, 0.6) is 0 Å². The molecule has 15 heteroatoms. The summed E-state index contributed by atoms with van der Waals surface area (Å²) in [5.41, 5.74) is 1.15. The molecule has 4 unspecified atom stereocenters. The summed E-state index contributed by atoms with van der Waals surface area (Å²) in [7, 11) is -3.83. The number of hydrogen-bond donors (Lipinski definition) is 3. The van der Waals surface area contributed by atoms with Gasteiger partial charge in [-0.05, 0) is 26.0 Å². The van der Waals surface area contributed by atoms with Crippen LogP contribution in [0.25, 0.3) is 11.2 Å². The summed E-state index contributed by atoms with van der Waals surface area (Å²) >= 11 is 0. The van der Waals surface area contributed by atoms with Crippen molar-refractivity contribution in [2.24, 2.45) is 0 Å². The molecule has 2 aliphatic rings. The van der Waals surface area contributed by atoms with Gasteiger partial charge < -0.3 is 19.5 Å². The van der Waals surface area contributed by atoms with Gasteiger partial charge >= 0.3 is 6.03 Å². The van der Waals surface area contributed by atoms with Crippen molar-refractivity contribution in [1.29, 1.82) is 0 Å². The van der Waals surface area contributed by atoms with Gasteiger partial charge in [0.1, 0.15) is 18.5 Å². The lowest BCUT2D eigenvalue weighted by Gasteiger charge is -2.24. The Kier molecular flexibility index (Phi) is 5.86. The zero-order chi connectivity index (χ0) is 25.7. The smallest absolute Gasteiger partial charge is 0.324 e. The lowest BCUT2D eigenvalue weighted by molar-refractivity contribution is -0.197. The number of amides is 3. The molecular weight excluding hydrogens is 494 g/mol. The third-order valence-electron chi connectivity index (χ3n) is 5.47. The molecular formula is C21H23N7O7S. The van der Waals surface area contributed by atoms with Crippen LogP contribution in [0.2, 0.25) is 0 Å². The molecule has 0 spiro atoms. The highest BCUT2D eigenvalue weighted by Crippen LogP contribution is 2.44. The average Bonchev–Trinajstić information content (AvgIpc) is 3.44. The maximum Gasteiger partial charge on any atom is 0.324 e. The summed E-state index contributed by atoms with van der Waals surface area (Å²) in [6.45, 7) is 3.35. The predicted molar refractivity (Wildman–Crippen MR) is 125 cm³/mol. The number of carbonyl (C=O) groups excluding carboxylic acids is 2. The number of benzene rings is 1. The Labute approximate surface area is 205 Å². The predicted octanol–water partition coefficient (Wildman–Crippen LogP) is 0.964. The van der Waals surface area contributed by atoms with Crippen LogP contribution in [0.4, 0.5) is 16.3 Å². The Morgan fingerprint density at radius 1 is 1.03 bits per heavy atom. The molecule has 3 aromatic rings. The van der Waals surface area contributed by atoms with Crippen molar-refractivity contribution in [1.82, 2.24) is 24.2 Å². The minimum Gasteiger partial charge on any atom is -0.341 e. The summed E-state index contributed by atoms with van der Waals surface area (Å²) in [5, 5.41) is 5.34. The van der Waals surface area contributed by atoms with Gasteiger partial charge in [0.15, 0.2) is 35.1 Å². The maximum absolute atomic E-state index is 12.7. The maximum atomic E-state index is 12.7. The first-order valence-electron chi connectivity index (χ1n) is 10.8. The number of sulfonamides is 1. The lowest BCUT2D eigenvalue weighted by Crippen LogP contribution is -2.44. The third-order valence-corrected chi connectivity index (χ3v) is 6.04. The van der Waals surface area contributed by atoms with Crippen molar-refractivity contribution in [2.45, 2.75) is 44.2 Å². The number of hydrogen-bond acceptors (Lipinski definition) is 10. The molecule has 0 saturated carbocycles. The molecule has 5 rings (SSSR count). The standard InChI is InChI=1S/C21H23N7O7S/c1-21(2)34-13-14(18(29)27-36(3,31)32)33-19(15(13)35-21)28-10-24-12-16(22-9-23-17(12)28)26-20(30)25-11-7-5-4-6-8-11/h4-10,13-15,19H,1-3H3,(H,27,29)(H2,22,23,25,26,30). The topological polar surface area (TPSA) is 176 Å². The first kappa shape index (κ1) is 24.1. The fourth-order valence-electron chi connectivity index (χ4n) is 4.17. The first-order valence-corrected chi connectivity index (χ1v) is 12.7. The summed E-state index contributed by atoms with van der Waals surface area (Å²) in [5.74, 6) is -1.78. The highest BCUT2D eigenvalue weighted by atomic mass is 32.2. The van der Waals surface area contributed by atoms with Crippen LogP contribution in [-0.2, 0) is 29.0 Å². The van der Waals surface area contributed by atoms with Crippen molar-refractivity contribution in [2.75, 3.05) is 16.9 Å². The van der Waals surface area contributed by atoms with Gasteiger partial charge in [-0.1, -0.05) is 18.2 Å².